The summed E-state index contributed by atoms with van der Waals surface area (Å²) < 4.78 is 9.17. The van der Waals surface area contributed by atoms with Gasteiger partial charge in [-0.25, -0.2) is 0 Å². The molecular weight excluding hydrogens is 302 g/mol. The maximum atomic E-state index is 5.80. The van der Waals surface area contributed by atoms with E-state index in [1.54, 1.807) is 4.57 Å². The molecule has 1 aromatic heterocycles. The fourth-order valence-corrected chi connectivity index (χ4v) is 2.04. The predicted molar refractivity (Wildman–Crippen MR) is 71.6 cm³/mol. The summed E-state index contributed by atoms with van der Waals surface area (Å²) in [6, 6.07) is 7.70. The van der Waals surface area contributed by atoms with Crippen molar-refractivity contribution >= 4 is 28.1 Å². The van der Waals surface area contributed by atoms with Crippen LogP contribution >= 0.6 is 28.1 Å². The molecule has 17 heavy (non-hydrogen) atoms. The second-order valence-electron chi connectivity index (χ2n) is 3.66. The number of hydrogen-bond acceptors (Lipinski definition) is 3. The summed E-state index contributed by atoms with van der Waals surface area (Å²) in [7, 11) is 1.86. The molecule has 1 aromatic carbocycles. The Morgan fingerprint density at radius 2 is 2.29 bits per heavy atom. The highest BCUT2D eigenvalue weighted by atomic mass is 79.9. The van der Waals surface area contributed by atoms with Crippen LogP contribution in [-0.4, -0.2) is 14.8 Å². The minimum atomic E-state index is -0.165. The van der Waals surface area contributed by atoms with E-state index in [2.05, 4.69) is 26.1 Å². The summed E-state index contributed by atoms with van der Waals surface area (Å²) in [5.74, 6) is 1.57. The number of aromatic amines is 1. The summed E-state index contributed by atoms with van der Waals surface area (Å²) in [6.07, 6.45) is -0.165. The zero-order valence-corrected chi connectivity index (χ0v) is 11.9. The highest BCUT2D eigenvalue weighted by Gasteiger charge is 2.13. The third-order valence-electron chi connectivity index (χ3n) is 2.39. The van der Waals surface area contributed by atoms with Crippen molar-refractivity contribution in [3.8, 4) is 5.75 Å². The summed E-state index contributed by atoms with van der Waals surface area (Å²) in [5.41, 5.74) is 0. The lowest BCUT2D eigenvalue weighted by Crippen LogP contribution is -2.09. The van der Waals surface area contributed by atoms with Crippen molar-refractivity contribution in [2.75, 3.05) is 0 Å². The van der Waals surface area contributed by atoms with Gasteiger partial charge in [-0.15, -0.1) is 0 Å². The lowest BCUT2D eigenvalue weighted by molar-refractivity contribution is 0.212. The molecule has 0 amide bonds. The molecule has 0 radical (unpaired) electrons. The molecule has 0 aliphatic carbocycles. The van der Waals surface area contributed by atoms with Crippen LogP contribution in [0.4, 0.5) is 0 Å². The molecule has 0 aliphatic rings. The van der Waals surface area contributed by atoms with Gasteiger partial charge in [-0.2, -0.15) is 5.10 Å². The van der Waals surface area contributed by atoms with Crippen LogP contribution in [0, 0.1) is 4.77 Å². The van der Waals surface area contributed by atoms with E-state index < -0.39 is 0 Å². The molecule has 2 aromatic rings. The standard InChI is InChI=1S/C11H12BrN3OS/c1-7(10-13-14-11(17)15(10)2)16-9-5-3-4-8(12)6-9/h3-7H,1-2H3,(H,14,17). The number of H-pyrrole nitrogens is 1. The maximum Gasteiger partial charge on any atom is 0.195 e. The highest BCUT2D eigenvalue weighted by molar-refractivity contribution is 9.10. The van der Waals surface area contributed by atoms with Gasteiger partial charge in [0.2, 0.25) is 0 Å². The van der Waals surface area contributed by atoms with Gasteiger partial charge in [-0.3, -0.25) is 5.10 Å². The van der Waals surface area contributed by atoms with Crippen molar-refractivity contribution in [3.63, 3.8) is 0 Å². The quantitative estimate of drug-likeness (QED) is 0.883. The zero-order chi connectivity index (χ0) is 12.4. The minimum Gasteiger partial charge on any atom is -0.483 e. The van der Waals surface area contributed by atoms with E-state index in [-0.39, 0.29) is 6.10 Å². The Kier molecular flexibility index (Phi) is 3.63. The molecule has 0 saturated carbocycles. The topological polar surface area (TPSA) is 42.8 Å². The second-order valence-corrected chi connectivity index (χ2v) is 4.97. The van der Waals surface area contributed by atoms with E-state index in [0.717, 1.165) is 16.0 Å². The van der Waals surface area contributed by atoms with Crippen molar-refractivity contribution in [3.05, 3.63) is 39.3 Å². The Hall–Kier alpha value is -1.14. The van der Waals surface area contributed by atoms with E-state index in [0.29, 0.717) is 4.77 Å². The normalized spacial score (nSPS) is 12.4. The van der Waals surface area contributed by atoms with Crippen LogP contribution < -0.4 is 4.74 Å². The Morgan fingerprint density at radius 1 is 1.53 bits per heavy atom. The number of nitrogens with one attached hydrogen (secondary N) is 1. The smallest absolute Gasteiger partial charge is 0.195 e. The number of halogens is 1. The van der Waals surface area contributed by atoms with Gasteiger partial charge in [0.25, 0.3) is 0 Å². The number of aromatic nitrogens is 3. The molecule has 0 aliphatic heterocycles. The second kappa shape index (κ2) is 5.01. The summed E-state index contributed by atoms with van der Waals surface area (Å²) in [4.78, 5) is 0. The van der Waals surface area contributed by atoms with Gasteiger partial charge in [0.15, 0.2) is 16.7 Å². The zero-order valence-electron chi connectivity index (χ0n) is 9.48. The molecule has 0 bridgehead atoms. The average molecular weight is 314 g/mol. The van der Waals surface area contributed by atoms with Crippen molar-refractivity contribution in [1.82, 2.24) is 14.8 Å². The molecule has 0 spiro atoms. The molecule has 6 heteroatoms. The first kappa shape index (κ1) is 12.3. The number of rotatable bonds is 3. The van der Waals surface area contributed by atoms with Crippen molar-refractivity contribution in [1.29, 1.82) is 0 Å². The Morgan fingerprint density at radius 3 is 2.88 bits per heavy atom. The number of hydrogen-bond donors (Lipinski definition) is 1. The largest absolute Gasteiger partial charge is 0.483 e. The minimum absolute atomic E-state index is 0.165. The average Bonchev–Trinajstić information content (AvgIpc) is 2.60. The molecular formula is C11H12BrN3OS. The first-order chi connectivity index (χ1) is 8.08. The molecule has 4 nitrogen and oxygen atoms in total. The third-order valence-corrected chi connectivity index (χ3v) is 3.25. The number of ether oxygens (including phenoxy) is 1. The molecule has 1 heterocycles. The van der Waals surface area contributed by atoms with Crippen molar-refractivity contribution in [2.45, 2.75) is 13.0 Å². The first-order valence-electron chi connectivity index (χ1n) is 5.11. The molecule has 1 N–H and O–H groups in total. The van der Waals surface area contributed by atoms with E-state index in [9.17, 15) is 0 Å². The Balaban J connectivity index is 2.20. The van der Waals surface area contributed by atoms with Gasteiger partial charge < -0.3 is 9.30 Å². The van der Waals surface area contributed by atoms with Crippen LogP contribution in [-0.2, 0) is 7.05 Å². The summed E-state index contributed by atoms with van der Waals surface area (Å²) in [6.45, 7) is 1.94. The van der Waals surface area contributed by atoms with Gasteiger partial charge in [0.1, 0.15) is 5.75 Å². The van der Waals surface area contributed by atoms with Crippen LogP contribution in [0.1, 0.15) is 18.9 Å². The maximum absolute atomic E-state index is 5.80. The molecule has 90 valence electrons. The van der Waals surface area contributed by atoms with Crippen LogP contribution in [0.2, 0.25) is 0 Å². The molecule has 2 rings (SSSR count). The highest BCUT2D eigenvalue weighted by Crippen LogP contribution is 2.23. The van der Waals surface area contributed by atoms with Crippen LogP contribution in [0.3, 0.4) is 0 Å². The fourth-order valence-electron chi connectivity index (χ4n) is 1.52. The van der Waals surface area contributed by atoms with Gasteiger partial charge >= 0.3 is 0 Å². The first-order valence-corrected chi connectivity index (χ1v) is 6.31. The molecule has 0 fully saturated rings. The monoisotopic (exact) mass is 313 g/mol. The van der Waals surface area contributed by atoms with Gasteiger partial charge in [-0.1, -0.05) is 22.0 Å². The van der Waals surface area contributed by atoms with Gasteiger partial charge in [0, 0.05) is 11.5 Å². The lowest BCUT2D eigenvalue weighted by atomic mass is 10.3. The van der Waals surface area contributed by atoms with Gasteiger partial charge in [-0.05, 0) is 37.3 Å². The summed E-state index contributed by atoms with van der Waals surface area (Å²) >= 11 is 8.46. The van der Waals surface area contributed by atoms with E-state index >= 15 is 0 Å². The van der Waals surface area contributed by atoms with Crippen LogP contribution in [0.5, 0.6) is 5.75 Å². The third kappa shape index (κ3) is 2.76. The Labute approximate surface area is 113 Å². The molecule has 1 atom stereocenters. The SMILES string of the molecule is CC(Oc1cccc(Br)c1)c1n[nH]c(=S)n1C. The predicted octanol–water partition coefficient (Wildman–Crippen LogP) is 3.38. The fraction of sp³-hybridized carbons (Fsp3) is 0.273. The Bertz CT molecular complexity index is 578. The molecule has 1 unspecified atom stereocenters. The van der Waals surface area contributed by atoms with E-state index in [1.807, 2.05) is 38.2 Å². The van der Waals surface area contributed by atoms with Crippen molar-refractivity contribution in [2.24, 2.45) is 7.05 Å². The van der Waals surface area contributed by atoms with Crippen molar-refractivity contribution < 1.29 is 4.74 Å². The van der Waals surface area contributed by atoms with Gasteiger partial charge in [0.05, 0.1) is 0 Å². The summed E-state index contributed by atoms with van der Waals surface area (Å²) in [5, 5.41) is 6.88. The van der Waals surface area contributed by atoms with E-state index in [1.165, 1.54) is 0 Å². The van der Waals surface area contributed by atoms with Crippen LogP contribution in [0.15, 0.2) is 28.7 Å². The van der Waals surface area contributed by atoms with Crippen LogP contribution in [0.25, 0.3) is 0 Å². The number of nitrogens with zero attached hydrogens (tertiary/aromatic N) is 2. The number of benzene rings is 1. The van der Waals surface area contributed by atoms with E-state index in [4.69, 9.17) is 17.0 Å². The molecule has 0 saturated heterocycles. The lowest BCUT2D eigenvalue weighted by Gasteiger charge is -2.13.